The second-order valence-corrected chi connectivity index (χ2v) is 7.34. The van der Waals surface area contributed by atoms with Crippen molar-refractivity contribution in [3.8, 4) is 0 Å². The zero-order valence-corrected chi connectivity index (χ0v) is 15.2. The molecule has 136 valence electrons. The normalized spacial score (nSPS) is 20.4. The van der Waals surface area contributed by atoms with E-state index in [4.69, 9.17) is 4.98 Å². The maximum atomic E-state index is 12.9. The Morgan fingerprint density at radius 1 is 1.15 bits per heavy atom. The number of piperidine rings is 1. The van der Waals surface area contributed by atoms with Crippen molar-refractivity contribution in [2.75, 3.05) is 13.1 Å². The first-order chi connectivity index (χ1) is 13.2. The van der Waals surface area contributed by atoms with Crippen LogP contribution in [-0.2, 0) is 0 Å². The van der Waals surface area contributed by atoms with E-state index in [9.17, 15) is 4.79 Å². The fourth-order valence-corrected chi connectivity index (χ4v) is 4.12. The molecule has 1 aromatic carbocycles. The summed E-state index contributed by atoms with van der Waals surface area (Å²) >= 11 is 0. The van der Waals surface area contributed by atoms with Gasteiger partial charge in [0.1, 0.15) is 5.82 Å². The van der Waals surface area contributed by atoms with Gasteiger partial charge in [-0.2, -0.15) is 0 Å². The maximum Gasteiger partial charge on any atom is 0.253 e. The number of aromatic amines is 1. The number of carbonyl (C=O) groups is 1. The molecule has 3 aromatic heterocycles. The molecule has 2 atom stereocenters. The molecule has 0 radical (unpaired) electrons. The van der Waals surface area contributed by atoms with Gasteiger partial charge >= 0.3 is 0 Å². The van der Waals surface area contributed by atoms with E-state index in [0.29, 0.717) is 12.5 Å². The van der Waals surface area contributed by atoms with E-state index in [2.05, 4.69) is 21.3 Å². The summed E-state index contributed by atoms with van der Waals surface area (Å²) in [6, 6.07) is 11.6. The second kappa shape index (κ2) is 6.23. The Bertz CT molecular complexity index is 1110. The van der Waals surface area contributed by atoms with E-state index in [1.54, 1.807) is 0 Å². The zero-order chi connectivity index (χ0) is 18.4. The number of hydrogen-bond acceptors (Lipinski definition) is 3. The molecule has 1 aliphatic rings. The summed E-state index contributed by atoms with van der Waals surface area (Å²) in [6.45, 7) is 3.73. The van der Waals surface area contributed by atoms with Crippen molar-refractivity contribution in [2.24, 2.45) is 5.92 Å². The van der Waals surface area contributed by atoms with Crippen LogP contribution < -0.4 is 0 Å². The summed E-state index contributed by atoms with van der Waals surface area (Å²) in [7, 11) is 0. The van der Waals surface area contributed by atoms with Crippen molar-refractivity contribution >= 4 is 22.6 Å². The summed E-state index contributed by atoms with van der Waals surface area (Å²) in [5.41, 5.74) is 3.60. The van der Waals surface area contributed by atoms with Crippen molar-refractivity contribution in [2.45, 2.75) is 19.3 Å². The first-order valence-electron chi connectivity index (χ1n) is 9.36. The maximum absolute atomic E-state index is 12.9. The highest BCUT2D eigenvalue weighted by atomic mass is 16.2. The van der Waals surface area contributed by atoms with Gasteiger partial charge in [0.05, 0.1) is 23.4 Å². The molecule has 6 heteroatoms. The van der Waals surface area contributed by atoms with Crippen LogP contribution in [0.1, 0.15) is 35.4 Å². The highest BCUT2D eigenvalue weighted by molar-refractivity contribution is 5.94. The topological polar surface area (TPSA) is 66.3 Å². The third-order valence-electron chi connectivity index (χ3n) is 5.69. The lowest BCUT2D eigenvalue weighted by Gasteiger charge is -2.36. The van der Waals surface area contributed by atoms with Crippen molar-refractivity contribution in [3.63, 3.8) is 0 Å². The standard InChI is InChI=1S/C21H21N5O/c1-14-8-10-25(21(27)15-5-3-2-4-6-15)13-17(14)20-24-12-16-11-23-19-18(26(16)20)7-9-22-19/h2-7,9,11-12,14,17,22H,8,10,13H2,1H3/t14-,17+/m0/s1. The molecule has 27 heavy (non-hydrogen) atoms. The first kappa shape index (κ1) is 16.1. The number of H-pyrrole nitrogens is 1. The van der Waals surface area contributed by atoms with Gasteiger partial charge in [-0.3, -0.25) is 9.20 Å². The number of carbonyl (C=O) groups excluding carboxylic acids is 1. The molecular formula is C21H21N5O. The Hall–Kier alpha value is -3.15. The van der Waals surface area contributed by atoms with Crippen LogP contribution in [0.2, 0.25) is 0 Å². The number of rotatable bonds is 2. The molecule has 0 saturated carbocycles. The lowest BCUT2D eigenvalue weighted by molar-refractivity contribution is 0.0665. The van der Waals surface area contributed by atoms with Crippen molar-refractivity contribution in [1.82, 2.24) is 24.3 Å². The second-order valence-electron chi connectivity index (χ2n) is 7.34. The van der Waals surface area contributed by atoms with Crippen molar-refractivity contribution in [1.29, 1.82) is 0 Å². The van der Waals surface area contributed by atoms with Crippen LogP contribution >= 0.6 is 0 Å². The van der Waals surface area contributed by atoms with Crippen LogP contribution in [0.4, 0.5) is 0 Å². The number of imidazole rings is 1. The summed E-state index contributed by atoms with van der Waals surface area (Å²) < 4.78 is 2.18. The molecule has 6 nitrogen and oxygen atoms in total. The minimum absolute atomic E-state index is 0.0989. The van der Waals surface area contributed by atoms with Crippen LogP contribution in [0, 0.1) is 5.92 Å². The number of fused-ring (bicyclic) bond motifs is 3. The number of likely N-dealkylation sites (tertiary alicyclic amines) is 1. The van der Waals surface area contributed by atoms with E-state index in [0.717, 1.165) is 41.0 Å². The largest absolute Gasteiger partial charge is 0.345 e. The first-order valence-corrected chi connectivity index (χ1v) is 9.36. The Morgan fingerprint density at radius 2 is 1.96 bits per heavy atom. The van der Waals surface area contributed by atoms with E-state index in [1.807, 2.05) is 59.9 Å². The van der Waals surface area contributed by atoms with Gasteiger partial charge in [-0.05, 0) is 30.5 Å². The van der Waals surface area contributed by atoms with Gasteiger partial charge in [-0.25, -0.2) is 9.97 Å². The number of nitrogens with zero attached hydrogens (tertiary/aromatic N) is 4. The van der Waals surface area contributed by atoms with Gasteiger partial charge in [0.2, 0.25) is 0 Å². The number of aromatic nitrogens is 4. The Labute approximate surface area is 156 Å². The minimum atomic E-state index is 0.0989. The fraction of sp³-hybridized carbons (Fsp3) is 0.286. The highest BCUT2D eigenvalue weighted by Crippen LogP contribution is 2.33. The molecule has 1 aliphatic heterocycles. The van der Waals surface area contributed by atoms with Crippen LogP contribution in [0.3, 0.4) is 0 Å². The van der Waals surface area contributed by atoms with Crippen LogP contribution in [0.15, 0.2) is 55.0 Å². The molecule has 4 heterocycles. The smallest absolute Gasteiger partial charge is 0.253 e. The van der Waals surface area contributed by atoms with Crippen molar-refractivity contribution < 1.29 is 4.79 Å². The van der Waals surface area contributed by atoms with Gasteiger partial charge in [-0.1, -0.05) is 25.1 Å². The third kappa shape index (κ3) is 2.60. The van der Waals surface area contributed by atoms with Gasteiger partial charge in [0.25, 0.3) is 5.91 Å². The molecule has 0 bridgehead atoms. The van der Waals surface area contributed by atoms with E-state index in [1.165, 1.54) is 0 Å². The molecule has 1 fully saturated rings. The van der Waals surface area contributed by atoms with E-state index >= 15 is 0 Å². The van der Waals surface area contributed by atoms with Gasteiger partial charge in [0.15, 0.2) is 5.65 Å². The summed E-state index contributed by atoms with van der Waals surface area (Å²) in [4.78, 5) is 27.3. The Kier molecular flexibility index (Phi) is 3.70. The SMILES string of the molecule is C[C@H]1CCN(C(=O)c2ccccc2)C[C@H]1c1ncc2cnc3[nH]ccc3n12. The Morgan fingerprint density at radius 3 is 2.81 bits per heavy atom. The van der Waals surface area contributed by atoms with E-state index in [-0.39, 0.29) is 11.8 Å². The molecule has 0 aliphatic carbocycles. The minimum Gasteiger partial charge on any atom is -0.345 e. The molecule has 5 rings (SSSR count). The van der Waals surface area contributed by atoms with Gasteiger partial charge in [-0.15, -0.1) is 0 Å². The Balaban J connectivity index is 1.53. The van der Waals surface area contributed by atoms with E-state index < -0.39 is 0 Å². The monoisotopic (exact) mass is 359 g/mol. The zero-order valence-electron chi connectivity index (χ0n) is 15.2. The molecular weight excluding hydrogens is 338 g/mol. The lowest BCUT2D eigenvalue weighted by atomic mass is 9.86. The fourth-order valence-electron chi connectivity index (χ4n) is 4.12. The summed E-state index contributed by atoms with van der Waals surface area (Å²) in [5.74, 6) is 1.75. The average Bonchev–Trinajstić information content (AvgIpc) is 3.35. The summed E-state index contributed by atoms with van der Waals surface area (Å²) in [5, 5.41) is 0. The molecule has 4 aromatic rings. The highest BCUT2D eigenvalue weighted by Gasteiger charge is 2.33. The summed E-state index contributed by atoms with van der Waals surface area (Å²) in [6.07, 6.45) is 6.59. The lowest BCUT2D eigenvalue weighted by Crippen LogP contribution is -2.42. The van der Waals surface area contributed by atoms with Crippen molar-refractivity contribution in [3.05, 3.63) is 66.4 Å². The average molecular weight is 359 g/mol. The number of benzene rings is 1. The number of amides is 1. The molecule has 1 saturated heterocycles. The molecule has 0 spiro atoms. The quantitative estimate of drug-likeness (QED) is 0.596. The van der Waals surface area contributed by atoms with Crippen LogP contribution in [0.5, 0.6) is 0 Å². The van der Waals surface area contributed by atoms with Gasteiger partial charge < -0.3 is 9.88 Å². The van der Waals surface area contributed by atoms with Crippen LogP contribution in [-0.4, -0.2) is 43.2 Å². The molecule has 1 amide bonds. The number of nitrogens with one attached hydrogen (secondary N) is 1. The molecule has 0 unspecified atom stereocenters. The third-order valence-corrected chi connectivity index (χ3v) is 5.69. The van der Waals surface area contributed by atoms with Crippen LogP contribution in [0.25, 0.3) is 16.7 Å². The predicted molar refractivity (Wildman–Crippen MR) is 104 cm³/mol. The predicted octanol–water partition coefficient (Wildman–Crippen LogP) is 3.48. The van der Waals surface area contributed by atoms with Gasteiger partial charge in [0, 0.05) is 30.8 Å². The number of hydrogen-bond donors (Lipinski definition) is 1. The molecule has 1 N–H and O–H groups in total.